The highest BCUT2D eigenvalue weighted by molar-refractivity contribution is 6.65. The summed E-state index contributed by atoms with van der Waals surface area (Å²) in [5.41, 5.74) is 1.32. The van der Waals surface area contributed by atoms with Gasteiger partial charge in [-0.2, -0.15) is 5.26 Å². The highest BCUT2D eigenvalue weighted by atomic mass is 35.5. The Labute approximate surface area is 119 Å². The lowest BCUT2D eigenvalue weighted by Crippen LogP contribution is -2.41. The number of hydrogen-bond acceptors (Lipinski definition) is 3. The molecule has 0 spiro atoms. The Morgan fingerprint density at radius 1 is 1.16 bits per heavy atom. The lowest BCUT2D eigenvalue weighted by molar-refractivity contribution is 0.00578. The Hall–Kier alpha value is -1.02. The van der Waals surface area contributed by atoms with Gasteiger partial charge in [-0.3, -0.25) is 0 Å². The van der Waals surface area contributed by atoms with Gasteiger partial charge in [-0.25, -0.2) is 0 Å². The number of rotatable bonds is 1. The van der Waals surface area contributed by atoms with E-state index in [4.69, 9.17) is 26.2 Å². The molecule has 2 rings (SSSR count). The third-order valence-corrected chi connectivity index (χ3v) is 4.30. The fraction of sp³-hybridized carbons (Fsp3) is 0.500. The van der Waals surface area contributed by atoms with Gasteiger partial charge in [-0.05, 0) is 52.3 Å². The predicted molar refractivity (Wildman–Crippen MR) is 76.6 cm³/mol. The van der Waals surface area contributed by atoms with Crippen molar-refractivity contribution in [3.63, 3.8) is 0 Å². The van der Waals surface area contributed by atoms with E-state index in [9.17, 15) is 0 Å². The smallest absolute Gasteiger partial charge is 0.399 e. The molecule has 1 saturated heterocycles. The van der Waals surface area contributed by atoms with Gasteiger partial charge in [0.15, 0.2) is 0 Å². The molecular weight excluding hydrogens is 260 g/mol. The van der Waals surface area contributed by atoms with E-state index in [-0.39, 0.29) is 0 Å². The first kappa shape index (κ1) is 14.4. The second-order valence-corrected chi connectivity index (χ2v) is 6.30. The van der Waals surface area contributed by atoms with Crippen LogP contribution in [-0.4, -0.2) is 18.3 Å². The van der Waals surface area contributed by atoms with Gasteiger partial charge in [0.2, 0.25) is 0 Å². The molecule has 1 aliphatic rings. The highest BCUT2D eigenvalue weighted by Gasteiger charge is 2.52. The molecule has 0 aliphatic carbocycles. The first-order chi connectivity index (χ1) is 8.68. The molecule has 1 fully saturated rings. The lowest BCUT2D eigenvalue weighted by atomic mass is 9.77. The summed E-state index contributed by atoms with van der Waals surface area (Å²) in [6.45, 7) is 9.81. The van der Waals surface area contributed by atoms with Crippen LogP contribution in [-0.2, 0) is 9.31 Å². The van der Waals surface area contributed by atoms with Crippen molar-refractivity contribution in [2.24, 2.45) is 0 Å². The first-order valence-corrected chi connectivity index (χ1v) is 6.61. The number of benzene rings is 1. The molecule has 0 N–H and O–H groups in total. The summed E-state index contributed by atoms with van der Waals surface area (Å²) in [4.78, 5) is 0. The zero-order valence-electron chi connectivity index (χ0n) is 11.9. The molecule has 0 amide bonds. The fourth-order valence-corrected chi connectivity index (χ4v) is 2.27. The van der Waals surface area contributed by atoms with Crippen molar-refractivity contribution in [3.05, 3.63) is 28.3 Å². The number of nitrogens with zero attached hydrogens (tertiary/aromatic N) is 1. The molecule has 0 atom stereocenters. The molecule has 1 aliphatic heterocycles. The van der Waals surface area contributed by atoms with E-state index in [1.165, 1.54) is 0 Å². The van der Waals surface area contributed by atoms with E-state index in [2.05, 4.69) is 6.07 Å². The maximum Gasteiger partial charge on any atom is 0.496 e. The fourth-order valence-electron chi connectivity index (χ4n) is 1.96. The summed E-state index contributed by atoms with van der Waals surface area (Å²) in [7, 11) is -0.537. The van der Waals surface area contributed by atoms with Crippen LogP contribution in [0.5, 0.6) is 0 Å². The van der Waals surface area contributed by atoms with Crippen LogP contribution in [0.25, 0.3) is 0 Å². The van der Waals surface area contributed by atoms with E-state index in [1.54, 1.807) is 12.1 Å². The summed E-state index contributed by atoms with van der Waals surface area (Å²) in [6.07, 6.45) is 0. The van der Waals surface area contributed by atoms with E-state index in [0.29, 0.717) is 16.0 Å². The van der Waals surface area contributed by atoms with Gasteiger partial charge >= 0.3 is 7.12 Å². The third kappa shape index (κ3) is 2.39. The molecule has 1 aromatic rings. The average Bonchev–Trinajstić information content (AvgIpc) is 2.48. The SMILES string of the molecule is Cc1cc(Cl)c(B2OC(C)(C)C(C)(C)O2)cc1C#N. The normalized spacial score (nSPS) is 20.4. The molecule has 3 nitrogen and oxygen atoms in total. The average molecular weight is 278 g/mol. The number of nitriles is 1. The molecule has 1 aromatic carbocycles. The van der Waals surface area contributed by atoms with Crippen LogP contribution in [0.2, 0.25) is 5.02 Å². The molecule has 19 heavy (non-hydrogen) atoms. The summed E-state index contributed by atoms with van der Waals surface area (Å²) >= 11 is 6.26. The van der Waals surface area contributed by atoms with Crippen molar-refractivity contribution < 1.29 is 9.31 Å². The van der Waals surface area contributed by atoms with Crippen LogP contribution in [0.1, 0.15) is 38.8 Å². The Morgan fingerprint density at radius 2 is 1.68 bits per heavy atom. The minimum Gasteiger partial charge on any atom is -0.399 e. The zero-order valence-corrected chi connectivity index (χ0v) is 12.6. The van der Waals surface area contributed by atoms with Crippen LogP contribution in [0.4, 0.5) is 0 Å². The third-order valence-electron chi connectivity index (χ3n) is 3.97. The van der Waals surface area contributed by atoms with Crippen LogP contribution in [0.15, 0.2) is 12.1 Å². The van der Waals surface area contributed by atoms with Crippen LogP contribution in [0, 0.1) is 18.3 Å². The molecule has 1 heterocycles. The van der Waals surface area contributed by atoms with Crippen LogP contribution >= 0.6 is 11.6 Å². The molecule has 0 unspecified atom stereocenters. The highest BCUT2D eigenvalue weighted by Crippen LogP contribution is 2.37. The minimum absolute atomic E-state index is 0.418. The van der Waals surface area contributed by atoms with Gasteiger partial charge in [0.25, 0.3) is 0 Å². The van der Waals surface area contributed by atoms with Crippen molar-refractivity contribution in [2.45, 2.75) is 45.8 Å². The van der Waals surface area contributed by atoms with Gasteiger partial charge in [0, 0.05) is 10.5 Å². The summed E-state index contributed by atoms with van der Waals surface area (Å²) in [6, 6.07) is 5.69. The van der Waals surface area contributed by atoms with E-state index in [0.717, 1.165) is 5.56 Å². The largest absolute Gasteiger partial charge is 0.496 e. The molecule has 0 bridgehead atoms. The molecular formula is C14H17BClNO2. The Kier molecular flexibility index (Phi) is 3.42. The Balaban J connectivity index is 2.43. The number of halogens is 1. The lowest BCUT2D eigenvalue weighted by Gasteiger charge is -2.32. The first-order valence-electron chi connectivity index (χ1n) is 6.24. The van der Waals surface area contributed by atoms with Crippen LogP contribution < -0.4 is 5.46 Å². The van der Waals surface area contributed by atoms with Gasteiger partial charge < -0.3 is 9.31 Å². The van der Waals surface area contributed by atoms with Gasteiger partial charge in [0.1, 0.15) is 0 Å². The number of aryl methyl sites for hydroxylation is 1. The van der Waals surface area contributed by atoms with Crippen molar-refractivity contribution in [1.29, 1.82) is 5.26 Å². The molecule has 0 saturated carbocycles. The van der Waals surface area contributed by atoms with Crippen molar-refractivity contribution in [3.8, 4) is 6.07 Å². The maximum absolute atomic E-state index is 9.11. The second kappa shape index (κ2) is 4.52. The van der Waals surface area contributed by atoms with E-state index in [1.807, 2.05) is 34.6 Å². The molecule has 100 valence electrons. The maximum atomic E-state index is 9.11. The molecule has 0 aromatic heterocycles. The topological polar surface area (TPSA) is 42.2 Å². The predicted octanol–water partition coefficient (Wildman–Crippen LogP) is 2.82. The molecule has 5 heteroatoms. The quantitative estimate of drug-likeness (QED) is 0.741. The Morgan fingerprint density at radius 3 is 2.16 bits per heavy atom. The number of hydrogen-bond donors (Lipinski definition) is 0. The van der Waals surface area contributed by atoms with E-state index < -0.39 is 18.3 Å². The van der Waals surface area contributed by atoms with Gasteiger partial charge in [-0.15, -0.1) is 0 Å². The minimum atomic E-state index is -0.537. The van der Waals surface area contributed by atoms with Crippen molar-refractivity contribution >= 4 is 24.2 Å². The van der Waals surface area contributed by atoms with Gasteiger partial charge in [0.05, 0.1) is 22.8 Å². The van der Waals surface area contributed by atoms with Crippen molar-refractivity contribution in [1.82, 2.24) is 0 Å². The van der Waals surface area contributed by atoms with Crippen molar-refractivity contribution in [2.75, 3.05) is 0 Å². The summed E-state index contributed by atoms with van der Waals surface area (Å²) in [5.74, 6) is 0. The summed E-state index contributed by atoms with van der Waals surface area (Å²) in [5, 5.41) is 9.67. The second-order valence-electron chi connectivity index (χ2n) is 5.89. The van der Waals surface area contributed by atoms with Gasteiger partial charge in [-0.1, -0.05) is 11.6 Å². The summed E-state index contributed by atoms with van der Waals surface area (Å²) < 4.78 is 11.9. The molecule has 0 radical (unpaired) electrons. The monoisotopic (exact) mass is 277 g/mol. The van der Waals surface area contributed by atoms with E-state index >= 15 is 0 Å². The standard InChI is InChI=1S/C14H17BClNO2/c1-9-6-12(16)11(7-10(9)8-17)15-18-13(2,3)14(4,5)19-15/h6-7H,1-5H3. The zero-order chi connectivity index (χ0) is 14.4. The van der Waals surface area contributed by atoms with Crippen LogP contribution in [0.3, 0.4) is 0 Å². The Bertz CT molecular complexity index is 547.